The van der Waals surface area contributed by atoms with E-state index in [9.17, 15) is 9.18 Å². The number of carbonyl (C=O) groups is 1. The molecule has 1 aromatic rings. The second kappa shape index (κ2) is 12.9. The zero-order chi connectivity index (χ0) is 18.8. The molecule has 152 valence electrons. The number of hydrogen-bond donors (Lipinski definition) is 3. The molecule has 1 aliphatic heterocycles. The second-order valence-electron chi connectivity index (χ2n) is 6.55. The van der Waals surface area contributed by atoms with Crippen LogP contribution in [0.2, 0.25) is 0 Å². The Labute approximate surface area is 178 Å². The maximum atomic E-state index is 13.5. The van der Waals surface area contributed by atoms with E-state index in [0.717, 1.165) is 19.0 Å². The fraction of sp³-hybridized carbons (Fsp3) is 0.579. The molecule has 1 heterocycles. The van der Waals surface area contributed by atoms with Crippen molar-refractivity contribution in [2.45, 2.75) is 26.2 Å². The average molecular weight is 491 g/mol. The monoisotopic (exact) mass is 491 g/mol. The Hall–Kier alpha value is -1.42. The Balaban J connectivity index is 0.00000364. The highest BCUT2D eigenvalue weighted by Crippen LogP contribution is 2.09. The third-order valence-corrected chi connectivity index (χ3v) is 4.53. The molecule has 0 atom stereocenters. The van der Waals surface area contributed by atoms with Gasteiger partial charge in [0.25, 0.3) is 5.91 Å². The van der Waals surface area contributed by atoms with Crippen LogP contribution >= 0.6 is 24.0 Å². The van der Waals surface area contributed by atoms with E-state index in [-0.39, 0.29) is 35.7 Å². The second-order valence-corrected chi connectivity index (χ2v) is 6.55. The van der Waals surface area contributed by atoms with Gasteiger partial charge in [0.2, 0.25) is 0 Å². The number of aryl methyl sites for hydroxylation is 1. The first kappa shape index (κ1) is 23.6. The summed E-state index contributed by atoms with van der Waals surface area (Å²) in [6, 6.07) is 4.50. The number of guanidine groups is 1. The third kappa shape index (κ3) is 8.42. The van der Waals surface area contributed by atoms with E-state index < -0.39 is 0 Å². The van der Waals surface area contributed by atoms with Crippen LogP contribution in [0, 0.1) is 12.7 Å². The van der Waals surface area contributed by atoms with Gasteiger partial charge < -0.3 is 20.9 Å². The molecule has 0 aliphatic carbocycles. The van der Waals surface area contributed by atoms with E-state index in [1.165, 1.54) is 38.4 Å². The molecular formula is C19H31FIN5O. The van der Waals surface area contributed by atoms with E-state index in [0.29, 0.717) is 24.2 Å². The number of rotatable bonds is 7. The van der Waals surface area contributed by atoms with Crippen molar-refractivity contribution in [1.29, 1.82) is 0 Å². The fourth-order valence-electron chi connectivity index (χ4n) is 2.93. The van der Waals surface area contributed by atoms with Gasteiger partial charge in [0.15, 0.2) is 5.96 Å². The third-order valence-electron chi connectivity index (χ3n) is 4.53. The lowest BCUT2D eigenvalue weighted by Crippen LogP contribution is -2.44. The van der Waals surface area contributed by atoms with Crippen LogP contribution in [-0.2, 0) is 0 Å². The molecule has 1 saturated heterocycles. The number of nitrogens with one attached hydrogen (secondary N) is 3. The molecule has 2 rings (SSSR count). The number of carbonyl (C=O) groups excluding carboxylic acids is 1. The maximum Gasteiger partial charge on any atom is 0.251 e. The largest absolute Gasteiger partial charge is 0.355 e. The number of halogens is 2. The molecule has 1 aromatic carbocycles. The molecule has 1 amide bonds. The molecule has 0 aromatic heterocycles. The summed E-state index contributed by atoms with van der Waals surface area (Å²) >= 11 is 0. The SMILES string of the molecule is CN=C(NCCNC(=O)c1ccc(C)c(F)c1)NCCN1CCCCC1.I. The minimum atomic E-state index is -0.367. The first-order valence-electron chi connectivity index (χ1n) is 9.31. The summed E-state index contributed by atoms with van der Waals surface area (Å²) in [5.41, 5.74) is 0.861. The Morgan fingerprint density at radius 1 is 1.11 bits per heavy atom. The van der Waals surface area contributed by atoms with Crippen LogP contribution < -0.4 is 16.0 Å². The predicted octanol–water partition coefficient (Wildman–Crippen LogP) is 2.13. The Bertz CT molecular complexity index is 620. The maximum absolute atomic E-state index is 13.5. The molecule has 3 N–H and O–H groups in total. The molecule has 0 spiro atoms. The Kier molecular flexibility index (Phi) is 11.3. The smallest absolute Gasteiger partial charge is 0.251 e. The standard InChI is InChI=1S/C19H30FN5O.HI/c1-15-6-7-16(14-17(15)20)18(26)22-8-9-23-19(21-2)24-10-13-25-11-4-3-5-12-25;/h6-7,14H,3-5,8-13H2,1-2H3,(H,22,26)(H2,21,23,24);1H. The minimum absolute atomic E-state index is 0. The molecule has 0 radical (unpaired) electrons. The summed E-state index contributed by atoms with van der Waals surface area (Å²) in [6.07, 6.45) is 3.92. The normalized spacial score (nSPS) is 15.0. The summed E-state index contributed by atoms with van der Waals surface area (Å²) in [6.45, 7) is 6.86. The van der Waals surface area contributed by atoms with Gasteiger partial charge in [-0.05, 0) is 50.6 Å². The number of likely N-dealkylation sites (tertiary alicyclic amines) is 1. The van der Waals surface area contributed by atoms with Gasteiger partial charge in [-0.25, -0.2) is 4.39 Å². The van der Waals surface area contributed by atoms with Crippen LogP contribution in [-0.4, -0.2) is 63.1 Å². The Morgan fingerprint density at radius 2 is 1.78 bits per heavy atom. The van der Waals surface area contributed by atoms with Crippen LogP contribution in [0.1, 0.15) is 35.2 Å². The first-order valence-corrected chi connectivity index (χ1v) is 9.31. The molecule has 27 heavy (non-hydrogen) atoms. The fourth-order valence-corrected chi connectivity index (χ4v) is 2.93. The lowest BCUT2D eigenvalue weighted by atomic mass is 10.1. The van der Waals surface area contributed by atoms with E-state index >= 15 is 0 Å². The zero-order valence-corrected chi connectivity index (χ0v) is 18.5. The van der Waals surface area contributed by atoms with Crippen molar-refractivity contribution in [3.63, 3.8) is 0 Å². The van der Waals surface area contributed by atoms with Gasteiger partial charge >= 0.3 is 0 Å². The van der Waals surface area contributed by atoms with Gasteiger partial charge in [0.1, 0.15) is 5.82 Å². The molecule has 8 heteroatoms. The van der Waals surface area contributed by atoms with E-state index in [2.05, 4.69) is 25.8 Å². The lowest BCUT2D eigenvalue weighted by molar-refractivity contribution is 0.0954. The van der Waals surface area contributed by atoms with Crippen LogP contribution in [0.15, 0.2) is 23.2 Å². The van der Waals surface area contributed by atoms with Crippen LogP contribution in [0.3, 0.4) is 0 Å². The van der Waals surface area contributed by atoms with Crippen molar-refractivity contribution >= 4 is 35.8 Å². The summed E-state index contributed by atoms with van der Waals surface area (Å²) in [5.74, 6) is 0.0745. The van der Waals surface area contributed by atoms with Gasteiger partial charge in [-0.15, -0.1) is 24.0 Å². The lowest BCUT2D eigenvalue weighted by Gasteiger charge is -2.26. The highest BCUT2D eigenvalue weighted by Gasteiger charge is 2.10. The molecule has 0 bridgehead atoms. The first-order chi connectivity index (χ1) is 12.6. The summed E-state index contributed by atoms with van der Waals surface area (Å²) in [4.78, 5) is 18.7. The van der Waals surface area contributed by atoms with Crippen molar-refractivity contribution in [3.05, 3.63) is 35.1 Å². The van der Waals surface area contributed by atoms with E-state index in [1.54, 1.807) is 26.1 Å². The number of nitrogens with zero attached hydrogens (tertiary/aromatic N) is 2. The van der Waals surface area contributed by atoms with Gasteiger partial charge in [-0.2, -0.15) is 0 Å². The number of aliphatic imine (C=N–C) groups is 1. The van der Waals surface area contributed by atoms with Crippen molar-refractivity contribution in [3.8, 4) is 0 Å². The molecule has 0 saturated carbocycles. The number of amides is 1. The number of hydrogen-bond acceptors (Lipinski definition) is 3. The molecular weight excluding hydrogens is 460 g/mol. The highest BCUT2D eigenvalue weighted by molar-refractivity contribution is 14.0. The predicted molar refractivity (Wildman–Crippen MR) is 119 cm³/mol. The minimum Gasteiger partial charge on any atom is -0.355 e. The van der Waals surface area contributed by atoms with E-state index in [4.69, 9.17) is 0 Å². The zero-order valence-electron chi connectivity index (χ0n) is 16.2. The van der Waals surface area contributed by atoms with Crippen molar-refractivity contribution < 1.29 is 9.18 Å². The van der Waals surface area contributed by atoms with Gasteiger partial charge in [-0.1, -0.05) is 12.5 Å². The highest BCUT2D eigenvalue weighted by atomic mass is 127. The average Bonchev–Trinajstić information content (AvgIpc) is 2.66. The summed E-state index contributed by atoms with van der Waals surface area (Å²) in [5, 5.41) is 9.22. The van der Waals surface area contributed by atoms with Crippen LogP contribution in [0.5, 0.6) is 0 Å². The summed E-state index contributed by atoms with van der Waals surface area (Å²) < 4.78 is 13.5. The molecule has 1 fully saturated rings. The van der Waals surface area contributed by atoms with Crippen molar-refractivity contribution in [2.75, 3.05) is 46.3 Å². The van der Waals surface area contributed by atoms with Gasteiger partial charge in [0, 0.05) is 38.8 Å². The Morgan fingerprint density at radius 3 is 2.44 bits per heavy atom. The topological polar surface area (TPSA) is 68.8 Å². The van der Waals surface area contributed by atoms with Crippen LogP contribution in [0.25, 0.3) is 0 Å². The molecule has 0 unspecified atom stereocenters. The molecule has 1 aliphatic rings. The number of piperidine rings is 1. The van der Waals surface area contributed by atoms with Crippen molar-refractivity contribution in [1.82, 2.24) is 20.9 Å². The van der Waals surface area contributed by atoms with Gasteiger partial charge in [0.05, 0.1) is 0 Å². The summed E-state index contributed by atoms with van der Waals surface area (Å²) in [7, 11) is 1.73. The quantitative estimate of drug-likeness (QED) is 0.237. The van der Waals surface area contributed by atoms with Crippen molar-refractivity contribution in [2.24, 2.45) is 4.99 Å². The molecule has 6 nitrogen and oxygen atoms in total. The van der Waals surface area contributed by atoms with Crippen LogP contribution in [0.4, 0.5) is 4.39 Å². The van der Waals surface area contributed by atoms with E-state index in [1.807, 2.05) is 0 Å². The number of benzene rings is 1. The van der Waals surface area contributed by atoms with Gasteiger partial charge in [-0.3, -0.25) is 9.79 Å².